The van der Waals surface area contributed by atoms with E-state index in [1.807, 2.05) is 0 Å². The molecule has 0 atom stereocenters. The van der Waals surface area contributed by atoms with Crippen LogP contribution in [0.2, 0.25) is 0 Å². The number of aryl methyl sites for hydroxylation is 2. The van der Waals surface area contributed by atoms with Crippen LogP contribution in [0.25, 0.3) is 11.1 Å². The number of halogens is 2. The van der Waals surface area contributed by atoms with Crippen molar-refractivity contribution >= 4 is 3.26 Å². The minimum absolute atomic E-state index is 0. The van der Waals surface area contributed by atoms with E-state index < -0.39 is 21.0 Å². The summed E-state index contributed by atoms with van der Waals surface area (Å²) in [6.07, 6.45) is 8.34. The first kappa shape index (κ1) is 42.4. The van der Waals surface area contributed by atoms with E-state index >= 15 is 0 Å². The molecule has 0 bridgehead atoms. The fourth-order valence-corrected chi connectivity index (χ4v) is 21.3. The molecule has 0 radical (unpaired) electrons. The maximum atomic E-state index is 2.70. The monoisotopic (exact) mass is 898 g/mol. The van der Waals surface area contributed by atoms with Gasteiger partial charge in [0.05, 0.1) is 0 Å². The molecule has 0 unspecified atom stereocenters. The van der Waals surface area contributed by atoms with Crippen molar-refractivity contribution in [3.05, 3.63) is 150 Å². The van der Waals surface area contributed by atoms with Crippen LogP contribution in [0.4, 0.5) is 0 Å². The number of benzene rings is 4. The number of fused-ring (bicyclic) bond motifs is 3. The van der Waals surface area contributed by atoms with Crippen LogP contribution in [0, 0.1) is 13.8 Å². The molecule has 3 heteroatoms. The second-order valence-electron chi connectivity index (χ2n) is 19.2. The first-order valence-corrected chi connectivity index (χ1v) is 24.5. The third kappa shape index (κ3) is 8.18. The third-order valence-electron chi connectivity index (χ3n) is 10.9. The molecule has 6 rings (SSSR count). The Labute approximate surface area is 336 Å². The Hall–Kier alpha value is -2.32. The molecule has 0 spiro atoms. The van der Waals surface area contributed by atoms with E-state index in [0.717, 1.165) is 6.42 Å². The standard InChI is InChI=1S/C29H41.C15H14.C5H5.2ClH.Hf/c1-26(2,3)22-14-18-13-19-15-23(27(4,5)6)25(29(10,11)12)17-21(19)20(18)16-24(22)28(7,8)9;1-12-3-7-14(8-4-12)11-15-9-5-13(2)6-10-15;1-2-4-5-3-1;;;/h13-17H,1-12H3;3-10H,1-2H3;1-3H,4H2;2*1H;/q;;;;;+2/p-2. The Morgan fingerprint density at radius 2 is 0.865 bits per heavy atom. The molecule has 4 aromatic carbocycles. The van der Waals surface area contributed by atoms with Gasteiger partial charge < -0.3 is 24.8 Å². The topological polar surface area (TPSA) is 0 Å². The number of allylic oxidation sites excluding steroid dienone is 4. The molecule has 0 N–H and O–H groups in total. The summed E-state index contributed by atoms with van der Waals surface area (Å²) in [5.41, 5.74) is 17.7. The van der Waals surface area contributed by atoms with Gasteiger partial charge in [-0.15, -0.1) is 0 Å². The van der Waals surface area contributed by atoms with E-state index in [4.69, 9.17) is 0 Å². The molecule has 52 heavy (non-hydrogen) atoms. The number of hydrogen-bond donors (Lipinski definition) is 0. The average molecular weight is 898 g/mol. The summed E-state index contributed by atoms with van der Waals surface area (Å²) >= 11 is -3.10. The van der Waals surface area contributed by atoms with Crippen LogP contribution in [-0.2, 0) is 42.6 Å². The number of rotatable bonds is 4. The van der Waals surface area contributed by atoms with Crippen molar-refractivity contribution in [1.29, 1.82) is 0 Å². The van der Waals surface area contributed by atoms with E-state index in [9.17, 15) is 0 Å². The molecule has 0 saturated heterocycles. The molecule has 2 aliphatic carbocycles. The molecular formula is C49H60Cl2Hf. The zero-order valence-corrected chi connectivity index (χ0v) is 39.3. The van der Waals surface area contributed by atoms with Gasteiger partial charge >= 0.3 is 314 Å². The van der Waals surface area contributed by atoms with Gasteiger partial charge in [0.2, 0.25) is 0 Å². The summed E-state index contributed by atoms with van der Waals surface area (Å²) in [5, 5.41) is 0. The zero-order chi connectivity index (χ0) is 36.6. The Morgan fingerprint density at radius 3 is 1.17 bits per heavy atom. The predicted octanol–water partition coefficient (Wildman–Crippen LogP) is 7.30. The SMILES string of the molecule is Cc1ccc([C](c2ccc(C)cc2)=[Hf+2]([C]2=CC=CC2)[CH]2c3cc(C(C)(C)C)c(C(C)(C)C)cc3-c3cc(C(C)(C)C)c(C(C)(C)C)cc32)cc1.[Cl-].[Cl-]. The van der Waals surface area contributed by atoms with Crippen LogP contribution < -0.4 is 24.8 Å². The van der Waals surface area contributed by atoms with E-state index in [0.29, 0.717) is 3.67 Å². The fraction of sp³-hybridized carbons (Fsp3) is 0.408. The Morgan fingerprint density at radius 1 is 0.519 bits per heavy atom. The van der Waals surface area contributed by atoms with Crippen molar-refractivity contribution in [2.75, 3.05) is 0 Å². The zero-order valence-electron chi connectivity index (χ0n) is 34.2. The van der Waals surface area contributed by atoms with Crippen LogP contribution in [0.5, 0.6) is 0 Å². The molecule has 4 aromatic rings. The van der Waals surface area contributed by atoms with Crippen molar-refractivity contribution < 1.29 is 45.8 Å². The van der Waals surface area contributed by atoms with Crippen molar-refractivity contribution in [2.24, 2.45) is 0 Å². The van der Waals surface area contributed by atoms with E-state index in [-0.39, 0.29) is 46.5 Å². The maximum absolute atomic E-state index is 3.10. The van der Waals surface area contributed by atoms with Gasteiger partial charge in [-0.25, -0.2) is 0 Å². The molecule has 2 aliphatic rings. The minimum atomic E-state index is -3.10. The van der Waals surface area contributed by atoms with Gasteiger partial charge in [-0.05, 0) is 0 Å². The Bertz CT molecular complexity index is 1910. The van der Waals surface area contributed by atoms with Crippen LogP contribution in [-0.4, -0.2) is 3.26 Å². The van der Waals surface area contributed by atoms with Gasteiger partial charge in [-0.3, -0.25) is 0 Å². The van der Waals surface area contributed by atoms with E-state index in [2.05, 4.69) is 188 Å². The summed E-state index contributed by atoms with van der Waals surface area (Å²) in [4.78, 5) is 0. The summed E-state index contributed by atoms with van der Waals surface area (Å²) in [7, 11) is 0. The minimum Gasteiger partial charge on any atom is -1.00 e. The average Bonchev–Trinajstić information content (AvgIpc) is 3.65. The molecular weight excluding hydrogens is 838 g/mol. The van der Waals surface area contributed by atoms with E-state index in [1.54, 1.807) is 17.7 Å². The normalized spacial score (nSPS) is 14.1. The van der Waals surface area contributed by atoms with Crippen LogP contribution in [0.1, 0.15) is 149 Å². The van der Waals surface area contributed by atoms with Crippen molar-refractivity contribution in [3.63, 3.8) is 0 Å². The molecule has 0 aromatic heterocycles. The summed E-state index contributed by atoms with van der Waals surface area (Å²) in [6, 6.07) is 29.6. The maximum Gasteiger partial charge on any atom is -1.00 e. The molecule has 0 amide bonds. The van der Waals surface area contributed by atoms with Crippen molar-refractivity contribution in [1.82, 2.24) is 0 Å². The van der Waals surface area contributed by atoms with Crippen LogP contribution in [0.15, 0.2) is 94.4 Å². The number of hydrogen-bond acceptors (Lipinski definition) is 0. The van der Waals surface area contributed by atoms with E-state index in [1.165, 1.54) is 55.6 Å². The first-order valence-electron chi connectivity index (χ1n) is 18.8. The second kappa shape index (κ2) is 15.1. The second-order valence-corrected chi connectivity index (χ2v) is 28.4. The predicted molar refractivity (Wildman–Crippen MR) is 216 cm³/mol. The van der Waals surface area contributed by atoms with Gasteiger partial charge in [0.15, 0.2) is 0 Å². The van der Waals surface area contributed by atoms with Gasteiger partial charge in [0.1, 0.15) is 0 Å². The van der Waals surface area contributed by atoms with Gasteiger partial charge in [0, 0.05) is 0 Å². The fourth-order valence-electron chi connectivity index (χ4n) is 8.19. The van der Waals surface area contributed by atoms with Crippen LogP contribution >= 0.6 is 0 Å². The molecule has 0 heterocycles. The van der Waals surface area contributed by atoms with Gasteiger partial charge in [-0.1, -0.05) is 0 Å². The smallest absolute Gasteiger partial charge is 1.00 e. The van der Waals surface area contributed by atoms with Gasteiger partial charge in [-0.2, -0.15) is 0 Å². The molecule has 0 saturated carbocycles. The molecule has 0 nitrogen and oxygen atoms in total. The largest absolute Gasteiger partial charge is 1.00 e. The summed E-state index contributed by atoms with van der Waals surface area (Å²) < 4.78 is 3.74. The van der Waals surface area contributed by atoms with Crippen molar-refractivity contribution in [3.8, 4) is 11.1 Å². The molecule has 0 fully saturated rings. The summed E-state index contributed by atoms with van der Waals surface area (Å²) in [6.45, 7) is 33.3. The first-order chi connectivity index (χ1) is 23.2. The summed E-state index contributed by atoms with van der Waals surface area (Å²) in [5.74, 6) is 0. The van der Waals surface area contributed by atoms with Gasteiger partial charge in [0.25, 0.3) is 0 Å². The molecule has 274 valence electrons. The quantitative estimate of drug-likeness (QED) is 0.189. The third-order valence-corrected chi connectivity index (χ3v) is 23.0. The Kier molecular flexibility index (Phi) is 12.3. The van der Waals surface area contributed by atoms with Crippen LogP contribution in [0.3, 0.4) is 0 Å². The Balaban J connectivity index is 0.00000302. The molecule has 0 aliphatic heterocycles. The van der Waals surface area contributed by atoms with Crippen molar-refractivity contribution in [2.45, 2.75) is 129 Å².